The predicted octanol–water partition coefficient (Wildman–Crippen LogP) is 2.63. The van der Waals surface area contributed by atoms with Crippen molar-refractivity contribution in [3.8, 4) is 23.0 Å². The monoisotopic (exact) mass is 455 g/mol. The smallest absolute Gasteiger partial charge is 0.295 e. The molecule has 2 heterocycles. The molecule has 0 saturated carbocycles. The molecule has 1 atom stereocenters. The number of carbonyl (C=O) groups is 2. The number of amides is 1. The topological polar surface area (TPSA) is 115 Å². The summed E-state index contributed by atoms with van der Waals surface area (Å²) in [5.74, 6) is -0.741. The molecule has 174 valence electrons. The van der Waals surface area contributed by atoms with Gasteiger partial charge in [-0.2, -0.15) is 0 Å². The first-order valence-corrected chi connectivity index (χ1v) is 10.5. The lowest BCUT2D eigenvalue weighted by Gasteiger charge is -2.26. The Balaban J connectivity index is 1.83. The molecule has 9 nitrogen and oxygen atoms in total. The van der Waals surface area contributed by atoms with Crippen LogP contribution in [0.4, 0.5) is 0 Å². The number of hydrogen-bond acceptors (Lipinski definition) is 8. The van der Waals surface area contributed by atoms with Gasteiger partial charge < -0.3 is 34.1 Å². The molecule has 2 aromatic carbocycles. The van der Waals surface area contributed by atoms with E-state index in [0.717, 1.165) is 0 Å². The van der Waals surface area contributed by atoms with Gasteiger partial charge in [0.05, 0.1) is 18.7 Å². The largest absolute Gasteiger partial charge is 0.507 e. The van der Waals surface area contributed by atoms with E-state index in [4.69, 9.17) is 18.9 Å². The number of phenols is 1. The number of fused-ring (bicyclic) bond motifs is 1. The van der Waals surface area contributed by atoms with Crippen LogP contribution < -0.4 is 14.2 Å². The van der Waals surface area contributed by atoms with Crippen molar-refractivity contribution >= 4 is 17.4 Å². The Morgan fingerprint density at radius 3 is 2.58 bits per heavy atom. The van der Waals surface area contributed by atoms with Gasteiger partial charge in [0.25, 0.3) is 11.7 Å². The maximum Gasteiger partial charge on any atom is 0.295 e. The molecule has 2 aromatic rings. The number of ether oxygens (including phenoxy) is 4. The van der Waals surface area contributed by atoms with E-state index in [1.165, 1.54) is 18.1 Å². The molecule has 9 heteroatoms. The molecule has 2 aliphatic rings. The zero-order chi connectivity index (χ0) is 23.5. The van der Waals surface area contributed by atoms with Crippen LogP contribution in [0.1, 0.15) is 23.6 Å². The summed E-state index contributed by atoms with van der Waals surface area (Å²) in [4.78, 5) is 27.4. The highest BCUT2D eigenvalue weighted by Gasteiger charge is 2.46. The fourth-order valence-corrected chi connectivity index (χ4v) is 4.05. The van der Waals surface area contributed by atoms with Gasteiger partial charge in [-0.05, 0) is 42.3 Å². The first-order chi connectivity index (χ1) is 16.0. The normalized spacial score (nSPS) is 19.1. The predicted molar refractivity (Wildman–Crippen MR) is 118 cm³/mol. The third kappa shape index (κ3) is 4.19. The Labute approximate surface area is 190 Å². The van der Waals surface area contributed by atoms with E-state index >= 15 is 0 Å². The highest BCUT2D eigenvalue weighted by Crippen LogP contribution is 2.42. The fraction of sp³-hybridized carbons (Fsp3) is 0.333. The second-order valence-electron chi connectivity index (χ2n) is 7.63. The summed E-state index contributed by atoms with van der Waals surface area (Å²) in [7, 11) is 2.96. The minimum Gasteiger partial charge on any atom is -0.507 e. The van der Waals surface area contributed by atoms with E-state index in [9.17, 15) is 19.8 Å². The summed E-state index contributed by atoms with van der Waals surface area (Å²) in [5.41, 5.74) is 0.784. The summed E-state index contributed by atoms with van der Waals surface area (Å²) in [5, 5.41) is 21.2. The number of nitrogens with zero attached hydrogens (tertiary/aromatic N) is 1. The van der Waals surface area contributed by atoms with Crippen LogP contribution in [0.5, 0.6) is 23.0 Å². The Kier molecular flexibility index (Phi) is 6.41. The number of likely N-dealkylation sites (tertiary alicyclic amines) is 1. The van der Waals surface area contributed by atoms with Crippen molar-refractivity contribution in [2.45, 2.75) is 12.5 Å². The molecule has 1 unspecified atom stereocenters. The van der Waals surface area contributed by atoms with Crippen LogP contribution in [0.25, 0.3) is 5.76 Å². The van der Waals surface area contributed by atoms with Crippen LogP contribution in [-0.4, -0.2) is 67.4 Å². The van der Waals surface area contributed by atoms with E-state index in [0.29, 0.717) is 48.9 Å². The number of methoxy groups -OCH3 is 2. The Hall–Kier alpha value is -3.72. The number of phenolic OH excluding ortho intramolecular Hbond substituents is 1. The van der Waals surface area contributed by atoms with E-state index in [1.807, 2.05) is 0 Å². The number of aromatic hydroxyl groups is 1. The number of carbonyl (C=O) groups excluding carboxylic acids is 2. The third-order valence-electron chi connectivity index (χ3n) is 5.62. The number of Topliss-reactive ketones (excluding diaryl/α,β-unsaturated/α-hetero) is 1. The van der Waals surface area contributed by atoms with Crippen LogP contribution in [-0.2, 0) is 14.3 Å². The molecule has 1 saturated heterocycles. The Bertz CT molecular complexity index is 1110. The van der Waals surface area contributed by atoms with Crippen LogP contribution in [0.15, 0.2) is 42.0 Å². The van der Waals surface area contributed by atoms with Gasteiger partial charge in [0.1, 0.15) is 19.0 Å². The zero-order valence-corrected chi connectivity index (χ0v) is 18.4. The minimum atomic E-state index is -0.871. The second-order valence-corrected chi connectivity index (χ2v) is 7.63. The van der Waals surface area contributed by atoms with Crippen LogP contribution in [0, 0.1) is 0 Å². The van der Waals surface area contributed by atoms with Gasteiger partial charge in [-0.25, -0.2) is 0 Å². The second kappa shape index (κ2) is 9.41. The standard InChI is InChI=1S/C24H25NO8/c1-30-9-3-8-25-21(14-4-6-16(26)18(12-14)31-2)20(23(28)24(25)29)22(27)15-5-7-17-19(13-15)33-11-10-32-17/h4-7,12-13,21,26-27H,3,8-11H2,1-2H3. The van der Waals surface area contributed by atoms with Crippen LogP contribution >= 0.6 is 0 Å². The van der Waals surface area contributed by atoms with Crippen molar-refractivity contribution in [1.29, 1.82) is 0 Å². The molecule has 4 rings (SSSR count). The van der Waals surface area contributed by atoms with Gasteiger partial charge >= 0.3 is 0 Å². The number of aliphatic hydroxyl groups excluding tert-OH is 1. The fourth-order valence-electron chi connectivity index (χ4n) is 4.05. The molecule has 33 heavy (non-hydrogen) atoms. The molecule has 1 amide bonds. The molecule has 2 aliphatic heterocycles. The summed E-state index contributed by atoms with van der Waals surface area (Å²) in [6.45, 7) is 1.43. The number of hydrogen-bond donors (Lipinski definition) is 2. The number of ketones is 1. The first kappa shape index (κ1) is 22.5. The van der Waals surface area contributed by atoms with E-state index in [2.05, 4.69) is 0 Å². The molecule has 0 aliphatic carbocycles. The van der Waals surface area contributed by atoms with Crippen LogP contribution in [0.2, 0.25) is 0 Å². The molecule has 0 bridgehead atoms. The highest BCUT2D eigenvalue weighted by atomic mass is 16.6. The summed E-state index contributed by atoms with van der Waals surface area (Å²) in [6, 6.07) is 8.53. The Morgan fingerprint density at radius 2 is 1.85 bits per heavy atom. The number of aliphatic hydroxyl groups is 1. The molecule has 1 fully saturated rings. The van der Waals surface area contributed by atoms with Crippen molar-refractivity contribution < 1.29 is 38.7 Å². The van der Waals surface area contributed by atoms with Gasteiger partial charge in [-0.3, -0.25) is 9.59 Å². The van der Waals surface area contributed by atoms with Crippen molar-refractivity contribution in [3.05, 3.63) is 53.1 Å². The zero-order valence-electron chi connectivity index (χ0n) is 18.4. The summed E-state index contributed by atoms with van der Waals surface area (Å²) < 4.78 is 21.4. The van der Waals surface area contributed by atoms with Crippen molar-refractivity contribution in [1.82, 2.24) is 4.90 Å². The molecular weight excluding hydrogens is 430 g/mol. The third-order valence-corrected chi connectivity index (χ3v) is 5.62. The van der Waals surface area contributed by atoms with Crippen molar-refractivity contribution in [2.75, 3.05) is 40.6 Å². The molecule has 0 radical (unpaired) electrons. The number of rotatable bonds is 7. The average Bonchev–Trinajstić information content (AvgIpc) is 3.08. The van der Waals surface area contributed by atoms with E-state index in [1.54, 1.807) is 37.4 Å². The first-order valence-electron chi connectivity index (χ1n) is 10.5. The maximum atomic E-state index is 13.1. The van der Waals surface area contributed by atoms with Gasteiger partial charge in [-0.1, -0.05) is 6.07 Å². The SMILES string of the molecule is COCCCN1C(=O)C(=O)C(=C(O)c2ccc3c(c2)OCCO3)C1c1ccc(O)c(OC)c1. The van der Waals surface area contributed by atoms with Gasteiger partial charge in [-0.15, -0.1) is 0 Å². The van der Waals surface area contributed by atoms with Gasteiger partial charge in [0.2, 0.25) is 0 Å². The minimum absolute atomic E-state index is 0.0539. The summed E-state index contributed by atoms with van der Waals surface area (Å²) in [6.07, 6.45) is 0.499. The van der Waals surface area contributed by atoms with Gasteiger partial charge in [0.15, 0.2) is 23.0 Å². The van der Waals surface area contributed by atoms with E-state index < -0.39 is 17.7 Å². The quantitative estimate of drug-likeness (QED) is 0.283. The Morgan fingerprint density at radius 1 is 1.09 bits per heavy atom. The highest BCUT2D eigenvalue weighted by molar-refractivity contribution is 6.46. The lowest BCUT2D eigenvalue weighted by molar-refractivity contribution is -0.140. The average molecular weight is 455 g/mol. The molecule has 2 N–H and O–H groups in total. The van der Waals surface area contributed by atoms with E-state index in [-0.39, 0.29) is 29.4 Å². The van der Waals surface area contributed by atoms with Crippen molar-refractivity contribution in [2.24, 2.45) is 0 Å². The maximum absolute atomic E-state index is 13.1. The summed E-state index contributed by atoms with van der Waals surface area (Å²) >= 11 is 0. The van der Waals surface area contributed by atoms with Crippen molar-refractivity contribution in [3.63, 3.8) is 0 Å². The number of benzene rings is 2. The lowest BCUT2D eigenvalue weighted by Crippen LogP contribution is -2.31. The molecule has 0 aromatic heterocycles. The van der Waals surface area contributed by atoms with Crippen LogP contribution in [0.3, 0.4) is 0 Å². The molecule has 0 spiro atoms. The molecular formula is C24H25NO8. The van der Waals surface area contributed by atoms with Gasteiger partial charge in [0, 0.05) is 25.8 Å². The lowest BCUT2D eigenvalue weighted by atomic mass is 9.94.